The van der Waals surface area contributed by atoms with Crippen LogP contribution < -0.4 is 20.7 Å². The second-order valence-corrected chi connectivity index (χ2v) is 17.4. The van der Waals surface area contributed by atoms with Crippen LogP contribution in [0.15, 0.2) is 194 Å². The lowest BCUT2D eigenvalue weighted by Gasteiger charge is -2.31. The first-order chi connectivity index (χ1) is 25.3. The number of para-hydroxylation sites is 3. The van der Waals surface area contributed by atoms with Gasteiger partial charge in [-0.15, -0.1) is 0 Å². The average molecular weight is 665 g/mol. The summed E-state index contributed by atoms with van der Waals surface area (Å²) in [6.45, 7) is 0. The number of nitrogens with zero attached hydrogens (tertiary/aromatic N) is 2. The molecule has 238 valence electrons. The third-order valence-corrected chi connectivity index (χ3v) is 16.0. The van der Waals surface area contributed by atoms with Crippen LogP contribution in [0.4, 0.5) is 0 Å². The van der Waals surface area contributed by atoms with Crippen molar-refractivity contribution in [2.75, 3.05) is 0 Å². The molecular weight excluding hydrogens is 633 g/mol. The summed E-state index contributed by atoms with van der Waals surface area (Å²) in [5, 5.41) is 10.8. The summed E-state index contributed by atoms with van der Waals surface area (Å²) >= 11 is 0. The van der Waals surface area contributed by atoms with Crippen molar-refractivity contribution < 1.29 is 0 Å². The van der Waals surface area contributed by atoms with Crippen LogP contribution in [0, 0.1) is 0 Å². The molecular formula is C48H32N2Si. The number of aromatic nitrogens is 2. The molecule has 2 nitrogen and oxygen atoms in total. The van der Waals surface area contributed by atoms with Crippen molar-refractivity contribution in [2.45, 2.75) is 0 Å². The molecule has 0 aliphatic carbocycles. The fraction of sp³-hybridized carbons (Fsp3) is 0. The smallest absolute Gasteiger partial charge is 0.180 e. The lowest BCUT2D eigenvalue weighted by molar-refractivity contribution is 1.18. The predicted octanol–water partition coefficient (Wildman–Crippen LogP) is 9.24. The zero-order chi connectivity index (χ0) is 33.5. The van der Waals surface area contributed by atoms with Gasteiger partial charge in [0.1, 0.15) is 0 Å². The second kappa shape index (κ2) is 10.8. The number of rotatable bonds is 4. The average Bonchev–Trinajstić information content (AvgIpc) is 3.82. The summed E-state index contributed by atoms with van der Waals surface area (Å²) in [6, 6.07) is 72.3. The van der Waals surface area contributed by atoms with E-state index in [1.165, 1.54) is 86.9 Å². The first-order valence-electron chi connectivity index (χ1n) is 17.7. The normalized spacial score (nSPS) is 13.3. The van der Waals surface area contributed by atoms with Gasteiger partial charge >= 0.3 is 0 Å². The Labute approximate surface area is 297 Å². The molecule has 0 atom stereocenters. The molecule has 0 saturated heterocycles. The molecule has 1 aliphatic rings. The Balaban J connectivity index is 1.23. The molecule has 2 aromatic heterocycles. The molecule has 0 N–H and O–H groups in total. The minimum atomic E-state index is -2.64. The van der Waals surface area contributed by atoms with E-state index in [1.807, 2.05) is 0 Å². The largest absolute Gasteiger partial charge is 0.309 e. The maximum Gasteiger partial charge on any atom is 0.180 e. The Hall–Kier alpha value is -6.42. The van der Waals surface area contributed by atoms with Crippen molar-refractivity contribution in [2.24, 2.45) is 0 Å². The van der Waals surface area contributed by atoms with Gasteiger partial charge in [0, 0.05) is 32.9 Å². The Morgan fingerprint density at radius 2 is 0.745 bits per heavy atom. The summed E-state index contributed by atoms with van der Waals surface area (Å²) in [4.78, 5) is 0. The van der Waals surface area contributed by atoms with Crippen LogP contribution in [0.1, 0.15) is 0 Å². The third-order valence-electron chi connectivity index (χ3n) is 11.2. The highest BCUT2D eigenvalue weighted by molar-refractivity contribution is 7.22. The van der Waals surface area contributed by atoms with Crippen molar-refractivity contribution in [3.8, 4) is 22.5 Å². The van der Waals surface area contributed by atoms with E-state index in [2.05, 4.69) is 203 Å². The summed E-state index contributed by atoms with van der Waals surface area (Å²) in [5.41, 5.74) is 9.98. The fourth-order valence-electron chi connectivity index (χ4n) is 9.15. The van der Waals surface area contributed by atoms with Gasteiger partial charge in [-0.3, -0.25) is 0 Å². The van der Waals surface area contributed by atoms with E-state index in [1.54, 1.807) is 0 Å². The number of benzene rings is 8. The molecule has 10 aromatic rings. The zero-order valence-corrected chi connectivity index (χ0v) is 28.9. The van der Waals surface area contributed by atoms with E-state index in [0.29, 0.717) is 0 Å². The van der Waals surface area contributed by atoms with Crippen LogP contribution in [-0.2, 0) is 0 Å². The molecule has 0 saturated carbocycles. The molecule has 3 heteroatoms. The van der Waals surface area contributed by atoms with E-state index in [-0.39, 0.29) is 0 Å². The molecule has 51 heavy (non-hydrogen) atoms. The van der Waals surface area contributed by atoms with Crippen LogP contribution in [-0.4, -0.2) is 17.2 Å². The predicted molar refractivity (Wildman–Crippen MR) is 218 cm³/mol. The number of fused-ring (bicyclic) bond motifs is 9. The first-order valence-corrected chi connectivity index (χ1v) is 19.7. The van der Waals surface area contributed by atoms with Gasteiger partial charge in [-0.2, -0.15) is 0 Å². The SMILES string of the molecule is c1ccc(-n2c3ccccc3c3cc4c(cc32)c2ccccc2n4-c2cccc([Si]3(c4ccccc4)c4ccccc4-c4ccccc43)c2)cc1. The number of hydrogen-bond acceptors (Lipinski definition) is 0. The van der Waals surface area contributed by atoms with E-state index in [9.17, 15) is 0 Å². The highest BCUT2D eigenvalue weighted by atomic mass is 28.3. The van der Waals surface area contributed by atoms with Gasteiger partial charge in [0.15, 0.2) is 8.07 Å². The number of hydrogen-bond donors (Lipinski definition) is 0. The Bertz CT molecular complexity index is 2920. The molecule has 0 amide bonds. The Morgan fingerprint density at radius 1 is 0.294 bits per heavy atom. The van der Waals surface area contributed by atoms with Gasteiger partial charge in [-0.25, -0.2) is 0 Å². The quantitative estimate of drug-likeness (QED) is 0.166. The van der Waals surface area contributed by atoms with Gasteiger partial charge in [0.25, 0.3) is 0 Å². The lowest BCUT2D eigenvalue weighted by atomic mass is 10.1. The van der Waals surface area contributed by atoms with Crippen LogP contribution in [0.2, 0.25) is 0 Å². The Morgan fingerprint density at radius 3 is 1.35 bits per heavy atom. The molecule has 3 heterocycles. The molecule has 0 unspecified atom stereocenters. The summed E-state index contributed by atoms with van der Waals surface area (Å²) in [5.74, 6) is 0. The fourth-order valence-corrected chi connectivity index (χ4v) is 14.4. The van der Waals surface area contributed by atoms with Crippen LogP contribution >= 0.6 is 0 Å². The molecule has 0 radical (unpaired) electrons. The van der Waals surface area contributed by atoms with Gasteiger partial charge < -0.3 is 9.13 Å². The van der Waals surface area contributed by atoms with E-state index < -0.39 is 8.07 Å². The van der Waals surface area contributed by atoms with Gasteiger partial charge in [0.05, 0.1) is 22.1 Å². The second-order valence-electron chi connectivity index (χ2n) is 13.7. The highest BCUT2D eigenvalue weighted by Crippen LogP contribution is 2.39. The highest BCUT2D eigenvalue weighted by Gasteiger charge is 2.48. The lowest BCUT2D eigenvalue weighted by Crippen LogP contribution is -2.72. The zero-order valence-electron chi connectivity index (χ0n) is 27.9. The van der Waals surface area contributed by atoms with Gasteiger partial charge in [-0.1, -0.05) is 146 Å². The minimum Gasteiger partial charge on any atom is -0.309 e. The standard InChI is InChI=1S/C48H32N2Si/c1-3-16-33(17-4-1)49-43-26-11-7-22-37(43)41-32-46-42(31-45(41)49)38-23-8-12-27-44(38)50(46)34-18-15-21-36(30-34)51(35-19-5-2-6-20-35)47-28-13-9-24-39(47)40-25-10-14-29-48(40)51/h1-32H. The topological polar surface area (TPSA) is 9.86 Å². The maximum atomic E-state index is 2.50. The summed E-state index contributed by atoms with van der Waals surface area (Å²) in [6.07, 6.45) is 0. The molecule has 11 rings (SSSR count). The molecule has 0 spiro atoms. The van der Waals surface area contributed by atoms with Crippen LogP contribution in [0.25, 0.3) is 66.1 Å². The first kappa shape index (κ1) is 28.4. The molecule has 0 fully saturated rings. The Kier molecular flexibility index (Phi) is 6.01. The minimum absolute atomic E-state index is 1.17. The molecule has 0 bridgehead atoms. The molecule has 8 aromatic carbocycles. The maximum absolute atomic E-state index is 2.64. The third kappa shape index (κ3) is 3.87. The van der Waals surface area contributed by atoms with E-state index in [0.717, 1.165) is 0 Å². The summed E-state index contributed by atoms with van der Waals surface area (Å²) in [7, 11) is -2.64. The van der Waals surface area contributed by atoms with E-state index in [4.69, 9.17) is 0 Å². The van der Waals surface area contributed by atoms with E-state index >= 15 is 0 Å². The van der Waals surface area contributed by atoms with Crippen LogP contribution in [0.3, 0.4) is 0 Å². The van der Waals surface area contributed by atoms with Crippen molar-refractivity contribution in [3.05, 3.63) is 194 Å². The van der Waals surface area contributed by atoms with Gasteiger partial charge in [0.2, 0.25) is 0 Å². The van der Waals surface area contributed by atoms with Crippen LogP contribution in [0.5, 0.6) is 0 Å². The van der Waals surface area contributed by atoms with Gasteiger partial charge in [-0.05, 0) is 80.4 Å². The monoisotopic (exact) mass is 664 g/mol. The van der Waals surface area contributed by atoms with Crippen molar-refractivity contribution in [1.29, 1.82) is 0 Å². The van der Waals surface area contributed by atoms with Crippen molar-refractivity contribution >= 4 is 72.4 Å². The molecule has 1 aliphatic heterocycles. The van der Waals surface area contributed by atoms with Crippen molar-refractivity contribution in [3.63, 3.8) is 0 Å². The van der Waals surface area contributed by atoms with Crippen molar-refractivity contribution in [1.82, 2.24) is 9.13 Å². The summed E-state index contributed by atoms with van der Waals surface area (Å²) < 4.78 is 4.92.